The zero-order valence-corrected chi connectivity index (χ0v) is 18.7. The normalized spacial score (nSPS) is 12.4. The summed E-state index contributed by atoms with van der Waals surface area (Å²) in [5.41, 5.74) is 0.878. The van der Waals surface area contributed by atoms with E-state index >= 15 is 0 Å². The van der Waals surface area contributed by atoms with E-state index in [-0.39, 0.29) is 22.0 Å². The number of anilines is 1. The van der Waals surface area contributed by atoms with E-state index in [9.17, 15) is 26.0 Å². The van der Waals surface area contributed by atoms with Crippen LogP contribution in [0.5, 0.6) is 0 Å². The van der Waals surface area contributed by atoms with Crippen molar-refractivity contribution in [3.63, 3.8) is 0 Å². The summed E-state index contributed by atoms with van der Waals surface area (Å²) in [5, 5.41) is 2.57. The average molecular weight is 458 g/mol. The summed E-state index contributed by atoms with van der Waals surface area (Å²) in [6.45, 7) is 2.79. The predicted octanol–water partition coefficient (Wildman–Crippen LogP) is 2.03. The summed E-state index contributed by atoms with van der Waals surface area (Å²) in [5.74, 6) is -1.21. The van der Waals surface area contributed by atoms with Gasteiger partial charge in [0.2, 0.25) is 26.0 Å². The number of nitrogens with one attached hydrogen (secondary N) is 1. The fourth-order valence-corrected chi connectivity index (χ4v) is 4.91. The van der Waals surface area contributed by atoms with Crippen molar-refractivity contribution < 1.29 is 26.0 Å². The van der Waals surface area contributed by atoms with E-state index in [2.05, 4.69) is 5.32 Å². The Morgan fingerprint density at radius 2 is 1.53 bits per heavy atom. The number of benzene rings is 2. The predicted molar refractivity (Wildman–Crippen MR) is 112 cm³/mol. The van der Waals surface area contributed by atoms with Gasteiger partial charge in [-0.2, -0.15) is 4.31 Å². The van der Waals surface area contributed by atoms with Crippen LogP contribution in [0.2, 0.25) is 0 Å². The maximum absolute atomic E-state index is 13.1. The van der Waals surface area contributed by atoms with Gasteiger partial charge in [0.1, 0.15) is 5.82 Å². The van der Waals surface area contributed by atoms with Crippen molar-refractivity contribution in [2.24, 2.45) is 0 Å². The van der Waals surface area contributed by atoms with Crippen molar-refractivity contribution >= 4 is 31.6 Å². The fourth-order valence-electron chi connectivity index (χ4n) is 2.58. The number of halogens is 1. The Morgan fingerprint density at radius 1 is 0.967 bits per heavy atom. The number of carbonyl (C=O) groups excluding carboxylic acids is 1. The molecule has 8 nitrogen and oxygen atoms in total. The van der Waals surface area contributed by atoms with Crippen molar-refractivity contribution in [1.82, 2.24) is 8.61 Å². The smallest absolute Gasteiger partial charge is 0.243 e. The van der Waals surface area contributed by atoms with Crippen LogP contribution in [-0.2, 0) is 24.8 Å². The first kappa shape index (κ1) is 23.9. The van der Waals surface area contributed by atoms with Crippen LogP contribution in [0.1, 0.15) is 12.5 Å². The molecule has 30 heavy (non-hydrogen) atoms. The van der Waals surface area contributed by atoms with Crippen LogP contribution in [0.4, 0.5) is 10.1 Å². The van der Waals surface area contributed by atoms with E-state index in [0.717, 1.165) is 32.9 Å². The highest BCUT2D eigenvalue weighted by atomic mass is 32.2. The third-order valence-electron chi connectivity index (χ3n) is 4.39. The van der Waals surface area contributed by atoms with Gasteiger partial charge in [0.15, 0.2) is 0 Å². The zero-order valence-electron chi connectivity index (χ0n) is 17.1. The first-order valence-electron chi connectivity index (χ1n) is 8.98. The molecule has 0 heterocycles. The Hall–Kier alpha value is -2.34. The minimum absolute atomic E-state index is 0.000295. The average Bonchev–Trinajstić information content (AvgIpc) is 2.67. The molecule has 0 unspecified atom stereocenters. The minimum atomic E-state index is -4.00. The number of likely N-dealkylation sites (N-methyl/N-ethyl adjacent to an activating group) is 1. The molecule has 0 aromatic heterocycles. The van der Waals surface area contributed by atoms with Crippen LogP contribution in [0, 0.1) is 12.7 Å². The molecule has 1 N–H and O–H groups in total. The lowest BCUT2D eigenvalue weighted by Crippen LogP contribution is -2.38. The highest BCUT2D eigenvalue weighted by Gasteiger charge is 2.26. The Morgan fingerprint density at radius 3 is 2.07 bits per heavy atom. The maximum atomic E-state index is 13.1. The quantitative estimate of drug-likeness (QED) is 0.653. The molecule has 164 valence electrons. The van der Waals surface area contributed by atoms with Crippen LogP contribution < -0.4 is 5.32 Å². The molecular weight excluding hydrogens is 433 g/mol. The SMILES string of the molecule is CCN(CC(=O)Nc1cc(S(=O)(=O)N(C)C)ccc1C)S(=O)(=O)c1ccc(F)cc1. The van der Waals surface area contributed by atoms with Crippen molar-refractivity contribution in [3.8, 4) is 0 Å². The summed E-state index contributed by atoms with van der Waals surface area (Å²) in [7, 11) is -4.91. The van der Waals surface area contributed by atoms with Gasteiger partial charge in [-0.3, -0.25) is 4.79 Å². The number of aryl methyl sites for hydroxylation is 1. The molecule has 2 aromatic carbocycles. The lowest BCUT2D eigenvalue weighted by atomic mass is 10.2. The third kappa shape index (κ3) is 5.22. The van der Waals surface area contributed by atoms with Gasteiger partial charge < -0.3 is 5.32 Å². The molecule has 1 amide bonds. The summed E-state index contributed by atoms with van der Waals surface area (Å²) in [4.78, 5) is 12.4. The minimum Gasteiger partial charge on any atom is -0.325 e. The largest absolute Gasteiger partial charge is 0.325 e. The molecule has 0 fully saturated rings. The van der Waals surface area contributed by atoms with Gasteiger partial charge in [0.25, 0.3) is 0 Å². The van der Waals surface area contributed by atoms with E-state index in [0.29, 0.717) is 5.56 Å². The lowest BCUT2D eigenvalue weighted by Gasteiger charge is -2.20. The van der Waals surface area contributed by atoms with E-state index in [4.69, 9.17) is 0 Å². The topological polar surface area (TPSA) is 104 Å². The highest BCUT2D eigenvalue weighted by molar-refractivity contribution is 7.89. The molecular formula is C19H24FN3O5S2. The van der Waals surface area contributed by atoms with Gasteiger partial charge in [0.05, 0.1) is 16.3 Å². The number of amides is 1. The third-order valence-corrected chi connectivity index (χ3v) is 8.13. The van der Waals surface area contributed by atoms with E-state index < -0.39 is 38.3 Å². The van der Waals surface area contributed by atoms with Crippen LogP contribution in [0.3, 0.4) is 0 Å². The molecule has 0 saturated carbocycles. The summed E-state index contributed by atoms with van der Waals surface area (Å²) in [6, 6.07) is 8.63. The van der Waals surface area contributed by atoms with Crippen LogP contribution in [0.15, 0.2) is 52.3 Å². The second-order valence-electron chi connectivity index (χ2n) is 6.70. The molecule has 0 radical (unpaired) electrons. The Kier molecular flexibility index (Phi) is 7.35. The summed E-state index contributed by atoms with van der Waals surface area (Å²) < 4.78 is 65.2. The number of rotatable bonds is 8. The molecule has 0 bridgehead atoms. The number of hydrogen-bond acceptors (Lipinski definition) is 5. The number of hydrogen-bond donors (Lipinski definition) is 1. The molecule has 2 rings (SSSR count). The molecule has 2 aromatic rings. The van der Waals surface area contributed by atoms with Gasteiger partial charge in [-0.15, -0.1) is 0 Å². The maximum Gasteiger partial charge on any atom is 0.243 e. The van der Waals surface area contributed by atoms with E-state index in [1.807, 2.05) is 0 Å². The van der Waals surface area contributed by atoms with Crippen LogP contribution >= 0.6 is 0 Å². The van der Waals surface area contributed by atoms with Gasteiger partial charge in [-0.1, -0.05) is 13.0 Å². The second-order valence-corrected chi connectivity index (χ2v) is 10.8. The zero-order chi connectivity index (χ0) is 22.7. The molecule has 0 saturated heterocycles. The number of nitrogens with zero attached hydrogens (tertiary/aromatic N) is 2. The molecule has 11 heteroatoms. The first-order chi connectivity index (χ1) is 13.9. The number of carbonyl (C=O) groups is 1. The van der Waals surface area contributed by atoms with Gasteiger partial charge >= 0.3 is 0 Å². The van der Waals surface area contributed by atoms with Gasteiger partial charge in [-0.25, -0.2) is 25.5 Å². The van der Waals surface area contributed by atoms with E-state index in [1.165, 1.54) is 26.2 Å². The first-order valence-corrected chi connectivity index (χ1v) is 11.9. The van der Waals surface area contributed by atoms with E-state index in [1.54, 1.807) is 19.9 Å². The fraction of sp³-hybridized carbons (Fsp3) is 0.316. The molecule has 0 aliphatic heterocycles. The van der Waals surface area contributed by atoms with Crippen molar-refractivity contribution in [2.45, 2.75) is 23.6 Å². The molecule has 0 aliphatic carbocycles. The Labute approximate surface area is 176 Å². The van der Waals surface area contributed by atoms with Gasteiger partial charge in [-0.05, 0) is 48.9 Å². The van der Waals surface area contributed by atoms with Crippen molar-refractivity contribution in [3.05, 3.63) is 53.8 Å². The van der Waals surface area contributed by atoms with Crippen LogP contribution in [0.25, 0.3) is 0 Å². The standard InChI is InChI=1S/C19H24FN3O5S2/c1-5-23(30(27,28)16-10-7-15(20)8-11-16)13-19(24)21-18-12-17(9-6-14(18)2)29(25,26)22(3)4/h6-12H,5,13H2,1-4H3,(H,21,24). The highest BCUT2D eigenvalue weighted by Crippen LogP contribution is 2.22. The molecule has 0 spiro atoms. The Bertz CT molecular complexity index is 1130. The second kappa shape index (κ2) is 9.21. The lowest BCUT2D eigenvalue weighted by molar-refractivity contribution is -0.116. The van der Waals surface area contributed by atoms with Crippen LogP contribution in [-0.4, -0.2) is 58.5 Å². The van der Waals surface area contributed by atoms with Gasteiger partial charge in [0, 0.05) is 26.3 Å². The summed E-state index contributed by atoms with van der Waals surface area (Å²) >= 11 is 0. The summed E-state index contributed by atoms with van der Waals surface area (Å²) in [6.07, 6.45) is 0. The Balaban J connectivity index is 2.24. The van der Waals surface area contributed by atoms with Crippen molar-refractivity contribution in [2.75, 3.05) is 32.5 Å². The van der Waals surface area contributed by atoms with Crippen molar-refractivity contribution in [1.29, 1.82) is 0 Å². The molecule has 0 aliphatic rings. The monoisotopic (exact) mass is 457 g/mol. The molecule has 0 atom stereocenters. The number of sulfonamides is 2.